The number of hydrogen-bond acceptors (Lipinski definition) is 12. The van der Waals surface area contributed by atoms with Gasteiger partial charge in [0.25, 0.3) is 0 Å². The topological polar surface area (TPSA) is 228 Å². The first kappa shape index (κ1) is 79.8. The van der Waals surface area contributed by atoms with Crippen LogP contribution in [0.25, 0.3) is 67.5 Å². The highest BCUT2D eigenvalue weighted by molar-refractivity contribution is 5.75. The second-order valence-corrected chi connectivity index (χ2v) is 37.4. The van der Waals surface area contributed by atoms with Gasteiger partial charge in [-0.1, -0.05) is 291 Å². The molecule has 18 nitrogen and oxygen atoms in total. The average molecular weight is 1730 g/mol. The fourth-order valence-electron chi connectivity index (χ4n) is 25.2. The predicted octanol–water partition coefficient (Wildman–Crippen LogP) is 20.2. The van der Waals surface area contributed by atoms with E-state index in [2.05, 4.69) is 312 Å². The van der Waals surface area contributed by atoms with Gasteiger partial charge >= 0.3 is 0 Å². The molecule has 18 atom stereocenters. The van der Waals surface area contributed by atoms with E-state index in [1.165, 1.54) is 100 Å². The van der Waals surface area contributed by atoms with Crippen molar-refractivity contribution >= 4 is 0 Å². The first-order chi connectivity index (χ1) is 65.1. The minimum Gasteiger partial charge on any atom is -0.388 e. The number of rotatable bonds is 6. The first-order valence-corrected chi connectivity index (χ1v) is 46.3. The summed E-state index contributed by atoms with van der Waals surface area (Å²) in [6.07, 6.45) is 25.9. The summed E-state index contributed by atoms with van der Waals surface area (Å²) in [6.45, 7) is 0. The normalized spacial score (nSPS) is 24.9. The summed E-state index contributed by atoms with van der Waals surface area (Å²) >= 11 is 0. The van der Waals surface area contributed by atoms with Gasteiger partial charge in [0.1, 0.15) is 0 Å². The van der Waals surface area contributed by atoms with E-state index < -0.39 is 36.6 Å². The zero-order valence-electron chi connectivity index (χ0n) is 72.3. The average Bonchev–Trinajstić information content (AvgIpc) is 1.60. The van der Waals surface area contributed by atoms with Gasteiger partial charge in [-0.2, -0.15) is 0 Å². The molecule has 30 rings (SSSR count). The molecule has 6 aromatic heterocycles. The van der Waals surface area contributed by atoms with E-state index in [1.807, 2.05) is 112 Å². The Kier molecular flexibility index (Phi) is 19.6. The molecule has 0 fully saturated rings. The SMILES string of the molecule is O[C@@H]1c2ccccc2C[C@@H]1[C@@H]1c2ccccc2-c2cncn21.O[C@@H]1c2ccccc2C[C@H]1[C@@H]1c2ccccc2-c2cncn21.O[C@@H]1c2ccccc2C[C@H]1[C@H]1c2ccccc2-c2cncn21.O[C@H]1c2ccccc2C[C@@H]1[C@@H]1c2ccccc2-c2cncn21.O[C@H]1c2ccccc2C[C@@H]1[C@H]1c2ccccc2-c2cncn21.O[C@H]1c2ccccc2C[C@H]1[C@H]1c2ccccc2-c2cncn21. The van der Waals surface area contributed by atoms with Crippen molar-refractivity contribution in [3.05, 3.63) is 466 Å². The van der Waals surface area contributed by atoms with E-state index in [1.54, 1.807) is 0 Å². The fraction of sp³-hybridized carbons (Fsp3) is 0.211. The lowest BCUT2D eigenvalue weighted by Crippen LogP contribution is -2.21. The van der Waals surface area contributed by atoms with E-state index in [9.17, 15) is 30.6 Å². The number of fused-ring (bicyclic) bond motifs is 24. The molecule has 0 amide bonds. The molecule has 0 saturated heterocycles. The van der Waals surface area contributed by atoms with Crippen LogP contribution in [0.3, 0.4) is 0 Å². The predicted molar refractivity (Wildman–Crippen MR) is 506 cm³/mol. The molecule has 6 N–H and O–H groups in total. The summed E-state index contributed by atoms with van der Waals surface area (Å²) in [6, 6.07) is 101. The fourth-order valence-corrected chi connectivity index (χ4v) is 25.2. The Morgan fingerprint density at radius 1 is 0.167 bits per heavy atom. The summed E-state index contributed by atoms with van der Waals surface area (Å²) in [5.41, 5.74) is 36.3. The molecule has 132 heavy (non-hydrogen) atoms. The van der Waals surface area contributed by atoms with Crippen LogP contribution in [0.4, 0.5) is 0 Å². The number of hydrogen-bond donors (Lipinski definition) is 6. The molecule has 12 aliphatic rings. The van der Waals surface area contributed by atoms with Crippen molar-refractivity contribution in [3.63, 3.8) is 0 Å². The van der Waals surface area contributed by atoms with Gasteiger partial charge in [0.05, 0.1) is 182 Å². The van der Waals surface area contributed by atoms with Gasteiger partial charge in [0, 0.05) is 68.9 Å². The number of aliphatic hydroxyl groups excluding tert-OH is 6. The highest BCUT2D eigenvalue weighted by atomic mass is 16.3. The Morgan fingerprint density at radius 3 is 0.439 bits per heavy atom. The van der Waals surface area contributed by atoms with Gasteiger partial charge in [-0.05, 0) is 139 Å². The third kappa shape index (κ3) is 12.7. The largest absolute Gasteiger partial charge is 0.388 e. The van der Waals surface area contributed by atoms with Crippen molar-refractivity contribution in [1.82, 2.24) is 57.3 Å². The van der Waals surface area contributed by atoms with Crippen molar-refractivity contribution in [1.29, 1.82) is 0 Å². The maximum atomic E-state index is 10.9. The van der Waals surface area contributed by atoms with Crippen molar-refractivity contribution in [2.45, 2.75) is 111 Å². The van der Waals surface area contributed by atoms with E-state index in [0.717, 1.165) is 106 Å². The van der Waals surface area contributed by atoms with E-state index in [-0.39, 0.29) is 71.8 Å². The zero-order chi connectivity index (χ0) is 88.1. The van der Waals surface area contributed by atoms with Crippen molar-refractivity contribution in [3.8, 4) is 67.5 Å². The zero-order valence-corrected chi connectivity index (χ0v) is 72.3. The number of benzene rings is 12. The summed E-state index contributed by atoms with van der Waals surface area (Å²) in [5.74, 6) is 0.967. The maximum Gasteiger partial charge on any atom is 0.0956 e. The number of aromatic nitrogens is 12. The maximum absolute atomic E-state index is 10.9. The van der Waals surface area contributed by atoms with Gasteiger partial charge < -0.3 is 58.0 Å². The van der Waals surface area contributed by atoms with Crippen LogP contribution in [-0.2, 0) is 38.5 Å². The summed E-state index contributed by atoms with van der Waals surface area (Å²) < 4.78 is 13.4. The van der Waals surface area contributed by atoms with Gasteiger partial charge in [0.2, 0.25) is 0 Å². The highest BCUT2D eigenvalue weighted by Gasteiger charge is 2.49. The lowest BCUT2D eigenvalue weighted by atomic mass is 9.88. The van der Waals surface area contributed by atoms with Crippen LogP contribution >= 0.6 is 0 Å². The molecule has 648 valence electrons. The van der Waals surface area contributed by atoms with Crippen LogP contribution < -0.4 is 0 Å². The van der Waals surface area contributed by atoms with Gasteiger partial charge in [-0.3, -0.25) is 0 Å². The Bertz CT molecular complexity index is 6330. The van der Waals surface area contributed by atoms with Crippen LogP contribution in [0, 0.1) is 35.5 Å². The minimum absolute atomic E-state index is 0.161. The standard InChI is InChI=1S/6C19H16N2O/c6*22-19-13-6-2-1-5-12(13)9-16(19)18-15-8-4-3-7-14(15)17-10-20-11-21(17)18/h6*1-8,10-11,16,18-19,22H,9H2/t2*16-,18+,19+;2*16-,18+,19-;2*16-,18-,19+/m101010/s1. The van der Waals surface area contributed by atoms with E-state index in [0.29, 0.717) is 0 Å². The van der Waals surface area contributed by atoms with Crippen LogP contribution in [0.15, 0.2) is 366 Å². The molecule has 6 aliphatic carbocycles. The monoisotopic (exact) mass is 1730 g/mol. The molecule has 6 aliphatic heterocycles. The molecule has 18 heteroatoms. The summed E-state index contributed by atoms with van der Waals surface area (Å²) in [5, 5.41) is 65.1. The first-order valence-electron chi connectivity index (χ1n) is 46.3. The van der Waals surface area contributed by atoms with Crippen molar-refractivity contribution in [2.75, 3.05) is 0 Å². The Balaban J connectivity index is 0.0000000851. The second-order valence-electron chi connectivity index (χ2n) is 37.4. The summed E-state index contributed by atoms with van der Waals surface area (Å²) in [4.78, 5) is 25.9. The molecule has 0 bridgehead atoms. The Morgan fingerprint density at radius 2 is 0.295 bits per heavy atom. The lowest BCUT2D eigenvalue weighted by Gasteiger charge is -2.25. The van der Waals surface area contributed by atoms with Crippen molar-refractivity contribution < 1.29 is 30.6 Å². The second kappa shape index (κ2) is 32.3. The number of imidazole rings is 6. The molecule has 12 aromatic carbocycles. The molecule has 0 unspecified atom stereocenters. The molecule has 0 saturated carbocycles. The molecule has 18 aromatic rings. The quantitative estimate of drug-likeness (QED) is 0.0914. The number of nitrogens with zero attached hydrogens (tertiary/aromatic N) is 12. The lowest BCUT2D eigenvalue weighted by molar-refractivity contribution is 0.101. The molecule has 12 heterocycles. The minimum atomic E-state index is -0.414. The third-order valence-corrected chi connectivity index (χ3v) is 31.0. The molecular weight excluding hydrogens is 1630 g/mol. The van der Waals surface area contributed by atoms with Gasteiger partial charge in [-0.15, -0.1) is 0 Å². The van der Waals surface area contributed by atoms with Crippen LogP contribution in [-0.4, -0.2) is 87.9 Å². The smallest absolute Gasteiger partial charge is 0.0956 e. The Labute approximate surface area is 764 Å². The summed E-state index contributed by atoms with van der Waals surface area (Å²) in [7, 11) is 0. The van der Waals surface area contributed by atoms with Crippen LogP contribution in [0.5, 0.6) is 0 Å². The molecule has 0 radical (unpaired) electrons. The third-order valence-electron chi connectivity index (χ3n) is 31.0. The van der Waals surface area contributed by atoms with Gasteiger partial charge in [-0.25, -0.2) is 29.9 Å². The van der Waals surface area contributed by atoms with Crippen LogP contribution in [0.2, 0.25) is 0 Å². The molecular formula is C114H96N12O6. The van der Waals surface area contributed by atoms with Crippen molar-refractivity contribution in [2.24, 2.45) is 35.5 Å². The molecule has 0 spiro atoms. The van der Waals surface area contributed by atoms with Crippen LogP contribution in [0.1, 0.15) is 173 Å². The van der Waals surface area contributed by atoms with E-state index >= 15 is 0 Å². The van der Waals surface area contributed by atoms with E-state index in [4.69, 9.17) is 0 Å². The Hall–Kier alpha value is -14.3. The highest BCUT2D eigenvalue weighted by Crippen LogP contribution is 2.58. The number of aliphatic hydroxyl groups is 6. The van der Waals surface area contributed by atoms with Gasteiger partial charge in [0.15, 0.2) is 0 Å².